The summed E-state index contributed by atoms with van der Waals surface area (Å²) in [5.41, 5.74) is 0.335. The summed E-state index contributed by atoms with van der Waals surface area (Å²) in [6, 6.07) is 3.19. The van der Waals surface area contributed by atoms with Gasteiger partial charge in [0.05, 0.1) is 6.20 Å². The zero-order valence-electron chi connectivity index (χ0n) is 11.1. The molecule has 0 aliphatic carbocycles. The Hall–Kier alpha value is -1.33. The lowest BCUT2D eigenvalue weighted by Crippen LogP contribution is -2.37. The number of aromatic nitrogens is 1. The van der Waals surface area contributed by atoms with Crippen LogP contribution in [0, 0.1) is 5.82 Å². The molecule has 1 fully saturated rings. The monoisotopic (exact) mass is 266 g/mol. The molecule has 0 unspecified atom stereocenters. The van der Waals surface area contributed by atoms with Crippen LogP contribution >= 0.6 is 0 Å². The van der Waals surface area contributed by atoms with Gasteiger partial charge in [0.15, 0.2) is 5.78 Å². The normalized spacial score (nSPS) is 16.8. The van der Waals surface area contributed by atoms with Gasteiger partial charge in [-0.05, 0) is 32.0 Å². The van der Waals surface area contributed by atoms with E-state index in [1.807, 2.05) is 7.05 Å². The van der Waals surface area contributed by atoms with E-state index in [0.717, 1.165) is 32.3 Å². The van der Waals surface area contributed by atoms with Crippen LogP contribution in [0.3, 0.4) is 0 Å². The van der Waals surface area contributed by atoms with Crippen LogP contribution in [0.2, 0.25) is 0 Å². The van der Waals surface area contributed by atoms with Crippen molar-refractivity contribution in [1.29, 1.82) is 0 Å². The summed E-state index contributed by atoms with van der Waals surface area (Å²) in [5, 5.41) is 0. The van der Waals surface area contributed by atoms with Gasteiger partial charge in [0.2, 0.25) is 0 Å². The number of pyridine rings is 1. The van der Waals surface area contributed by atoms with E-state index in [1.54, 1.807) is 0 Å². The highest BCUT2D eigenvalue weighted by Crippen LogP contribution is 2.13. The molecule has 5 heteroatoms. The molecule has 0 amide bonds. The molecule has 19 heavy (non-hydrogen) atoms. The number of nitrogens with zero attached hydrogens (tertiary/aromatic N) is 2. The van der Waals surface area contributed by atoms with Gasteiger partial charge in [-0.15, -0.1) is 0 Å². The van der Waals surface area contributed by atoms with Gasteiger partial charge in [-0.25, -0.2) is 4.39 Å². The van der Waals surface area contributed by atoms with Crippen LogP contribution in [0.25, 0.3) is 0 Å². The van der Waals surface area contributed by atoms with Crippen molar-refractivity contribution in [2.24, 2.45) is 0 Å². The van der Waals surface area contributed by atoms with Gasteiger partial charge in [-0.2, -0.15) is 0 Å². The maximum atomic E-state index is 12.7. The highest BCUT2D eigenvalue weighted by atomic mass is 19.1. The van der Waals surface area contributed by atoms with Crippen molar-refractivity contribution in [2.75, 3.05) is 26.8 Å². The summed E-state index contributed by atoms with van der Waals surface area (Å²) in [6.45, 7) is 2.29. The highest BCUT2D eigenvalue weighted by molar-refractivity contribution is 5.94. The van der Waals surface area contributed by atoms with Crippen LogP contribution in [0.1, 0.15) is 29.8 Å². The van der Waals surface area contributed by atoms with Crippen molar-refractivity contribution < 1.29 is 13.9 Å². The summed E-state index contributed by atoms with van der Waals surface area (Å²) in [7, 11) is 2.03. The first-order chi connectivity index (χ1) is 9.16. The number of ether oxygens (including phenoxy) is 1. The van der Waals surface area contributed by atoms with E-state index in [-0.39, 0.29) is 5.78 Å². The Labute approximate surface area is 112 Å². The van der Waals surface area contributed by atoms with Gasteiger partial charge in [-0.3, -0.25) is 9.78 Å². The molecule has 1 saturated heterocycles. The van der Waals surface area contributed by atoms with E-state index < -0.39 is 5.82 Å². The lowest BCUT2D eigenvalue weighted by molar-refractivity contribution is 0.0425. The van der Waals surface area contributed by atoms with Crippen LogP contribution in [-0.2, 0) is 4.74 Å². The Morgan fingerprint density at radius 3 is 2.84 bits per heavy atom. The molecular formula is C14H19FN2O2. The largest absolute Gasteiger partial charge is 0.381 e. The number of carbonyl (C=O) groups is 1. The van der Waals surface area contributed by atoms with E-state index in [4.69, 9.17) is 4.74 Å². The molecule has 0 atom stereocenters. The standard InChI is InChI=1S/C14H19FN2O2/c1-17(12-5-8-19-9-6-12)7-4-14(18)13-3-2-11(15)10-16-13/h2-3,10,12H,4-9H2,1H3. The third-order valence-corrected chi connectivity index (χ3v) is 3.52. The number of Topliss-reactive ketones (excluding diaryl/α,β-unsaturated/α-hetero) is 1. The van der Waals surface area contributed by atoms with Crippen LogP contribution in [0.5, 0.6) is 0 Å². The molecule has 4 nitrogen and oxygen atoms in total. The Morgan fingerprint density at radius 1 is 1.47 bits per heavy atom. The molecule has 0 saturated carbocycles. The van der Waals surface area contributed by atoms with Crippen molar-refractivity contribution in [2.45, 2.75) is 25.3 Å². The Kier molecular flexibility index (Phi) is 4.99. The first kappa shape index (κ1) is 14.1. The lowest BCUT2D eigenvalue weighted by atomic mass is 10.1. The number of hydrogen-bond acceptors (Lipinski definition) is 4. The van der Waals surface area contributed by atoms with Crippen molar-refractivity contribution in [3.63, 3.8) is 0 Å². The molecule has 1 aliphatic heterocycles. The Bertz CT molecular complexity index is 416. The smallest absolute Gasteiger partial charge is 0.182 e. The van der Waals surface area contributed by atoms with Crippen LogP contribution < -0.4 is 0 Å². The summed E-state index contributed by atoms with van der Waals surface area (Å²) in [6.07, 6.45) is 3.51. The second-order valence-corrected chi connectivity index (χ2v) is 4.86. The van der Waals surface area contributed by atoms with Crippen LogP contribution in [-0.4, -0.2) is 48.5 Å². The Morgan fingerprint density at radius 2 is 2.21 bits per heavy atom. The molecule has 1 aromatic heterocycles. The summed E-state index contributed by atoms with van der Waals surface area (Å²) < 4.78 is 18.0. The minimum Gasteiger partial charge on any atom is -0.381 e. The minimum atomic E-state index is -0.420. The first-order valence-electron chi connectivity index (χ1n) is 6.59. The molecule has 1 aliphatic rings. The van der Waals surface area contributed by atoms with E-state index in [9.17, 15) is 9.18 Å². The first-order valence-corrected chi connectivity index (χ1v) is 6.59. The van der Waals surface area contributed by atoms with E-state index in [2.05, 4.69) is 9.88 Å². The molecule has 104 valence electrons. The fraction of sp³-hybridized carbons (Fsp3) is 0.571. The van der Waals surface area contributed by atoms with Crippen LogP contribution in [0.15, 0.2) is 18.3 Å². The second-order valence-electron chi connectivity index (χ2n) is 4.86. The van der Waals surface area contributed by atoms with Crippen molar-refractivity contribution >= 4 is 5.78 Å². The quantitative estimate of drug-likeness (QED) is 0.763. The van der Waals surface area contributed by atoms with Gasteiger partial charge >= 0.3 is 0 Å². The maximum absolute atomic E-state index is 12.7. The zero-order valence-corrected chi connectivity index (χ0v) is 11.1. The van der Waals surface area contributed by atoms with E-state index in [0.29, 0.717) is 24.7 Å². The van der Waals surface area contributed by atoms with Gasteiger partial charge in [-0.1, -0.05) is 0 Å². The predicted molar refractivity (Wildman–Crippen MR) is 69.6 cm³/mol. The highest BCUT2D eigenvalue weighted by Gasteiger charge is 2.19. The summed E-state index contributed by atoms with van der Waals surface area (Å²) in [4.78, 5) is 17.9. The predicted octanol–water partition coefficient (Wildman–Crippen LogP) is 1.90. The topological polar surface area (TPSA) is 42.4 Å². The Balaban J connectivity index is 1.81. The van der Waals surface area contributed by atoms with Gasteiger partial charge in [0, 0.05) is 32.2 Å². The molecule has 0 aromatic carbocycles. The molecule has 0 bridgehead atoms. The molecule has 0 N–H and O–H groups in total. The van der Waals surface area contributed by atoms with E-state index >= 15 is 0 Å². The maximum Gasteiger partial charge on any atom is 0.182 e. The third kappa shape index (κ3) is 4.08. The number of hydrogen-bond donors (Lipinski definition) is 0. The van der Waals surface area contributed by atoms with Gasteiger partial charge < -0.3 is 9.64 Å². The van der Waals surface area contributed by atoms with Crippen LogP contribution in [0.4, 0.5) is 4.39 Å². The molecular weight excluding hydrogens is 247 g/mol. The zero-order chi connectivity index (χ0) is 13.7. The second kappa shape index (κ2) is 6.73. The minimum absolute atomic E-state index is 0.0427. The van der Waals surface area contributed by atoms with Crippen molar-refractivity contribution in [3.05, 3.63) is 29.8 Å². The lowest BCUT2D eigenvalue weighted by Gasteiger charge is -2.30. The van der Waals surface area contributed by atoms with Crippen molar-refractivity contribution in [1.82, 2.24) is 9.88 Å². The SMILES string of the molecule is CN(CCC(=O)c1ccc(F)cn1)C1CCOCC1. The number of rotatable bonds is 5. The number of ketones is 1. The third-order valence-electron chi connectivity index (χ3n) is 3.52. The fourth-order valence-corrected chi connectivity index (χ4v) is 2.26. The number of halogens is 1. The average molecular weight is 266 g/mol. The number of carbonyl (C=O) groups excluding carboxylic acids is 1. The average Bonchev–Trinajstić information content (AvgIpc) is 2.46. The van der Waals surface area contributed by atoms with Crippen molar-refractivity contribution in [3.8, 4) is 0 Å². The molecule has 0 radical (unpaired) electrons. The molecule has 2 heterocycles. The molecule has 0 spiro atoms. The molecule has 2 rings (SSSR count). The fourth-order valence-electron chi connectivity index (χ4n) is 2.26. The molecule has 1 aromatic rings. The summed E-state index contributed by atoms with van der Waals surface area (Å²) >= 11 is 0. The summed E-state index contributed by atoms with van der Waals surface area (Å²) in [5.74, 6) is -0.463. The van der Waals surface area contributed by atoms with Gasteiger partial charge in [0.1, 0.15) is 11.5 Å². The van der Waals surface area contributed by atoms with Gasteiger partial charge in [0.25, 0.3) is 0 Å². The van der Waals surface area contributed by atoms with E-state index in [1.165, 1.54) is 12.1 Å².